The van der Waals surface area contributed by atoms with Gasteiger partial charge in [-0.3, -0.25) is 9.59 Å². The Labute approximate surface area is 132 Å². The minimum atomic E-state index is -1.35. The van der Waals surface area contributed by atoms with Crippen LogP contribution in [0.4, 0.5) is 0 Å². The average Bonchev–Trinajstić information content (AvgIpc) is 3.06. The highest BCUT2D eigenvalue weighted by Crippen LogP contribution is 2.10. The van der Waals surface area contributed by atoms with Crippen LogP contribution in [0, 0.1) is 0 Å². The molecule has 2 amide bonds. The molecule has 1 aliphatic rings. The van der Waals surface area contributed by atoms with Gasteiger partial charge in [-0.15, -0.1) is 0 Å². The Morgan fingerprint density at radius 1 is 1.30 bits per heavy atom. The van der Waals surface area contributed by atoms with E-state index in [2.05, 4.69) is 10.4 Å². The first kappa shape index (κ1) is 16.6. The van der Waals surface area contributed by atoms with Gasteiger partial charge in [0, 0.05) is 24.3 Å². The van der Waals surface area contributed by atoms with Crippen molar-refractivity contribution in [3.05, 3.63) is 35.4 Å². The molecule has 1 aliphatic heterocycles. The van der Waals surface area contributed by atoms with Crippen molar-refractivity contribution in [2.45, 2.75) is 18.9 Å². The Bertz CT molecular complexity index is 623. The number of benzene rings is 1. The predicted octanol–water partition coefficient (Wildman–Crippen LogP) is -1.20. The third-order valence-electron chi connectivity index (χ3n) is 3.27. The van der Waals surface area contributed by atoms with Gasteiger partial charge in [-0.05, 0) is 12.8 Å². The molecular weight excluding hydrogens is 302 g/mol. The minimum absolute atomic E-state index is 0.0617. The van der Waals surface area contributed by atoms with Crippen molar-refractivity contribution in [3.8, 4) is 0 Å². The molecule has 8 nitrogen and oxygen atoms in total. The minimum Gasteiger partial charge on any atom is -0.545 e. The molecule has 23 heavy (non-hydrogen) atoms. The zero-order valence-corrected chi connectivity index (χ0v) is 12.3. The number of nitrogens with one attached hydrogen (secondary N) is 2. The summed E-state index contributed by atoms with van der Waals surface area (Å²) in [5.74, 6) is -3.12. The van der Waals surface area contributed by atoms with E-state index in [1.165, 1.54) is 12.1 Å². The highest BCUT2D eigenvalue weighted by molar-refractivity contribution is 6.35. The highest BCUT2D eigenvalue weighted by Gasteiger charge is 2.18. The number of hydrogen-bond acceptors (Lipinski definition) is 6. The van der Waals surface area contributed by atoms with E-state index in [0.717, 1.165) is 19.1 Å². The molecule has 1 aromatic rings. The van der Waals surface area contributed by atoms with Crippen LogP contribution in [-0.4, -0.2) is 43.3 Å². The lowest BCUT2D eigenvalue weighted by Crippen LogP contribution is -2.41. The lowest BCUT2D eigenvalue weighted by molar-refractivity contribution is -0.255. The van der Waals surface area contributed by atoms with Crippen LogP contribution in [0.5, 0.6) is 0 Å². The second-order valence-electron chi connectivity index (χ2n) is 4.92. The number of carboxylic acid groups (broad SMARTS) is 1. The summed E-state index contributed by atoms with van der Waals surface area (Å²) in [5.41, 5.74) is 2.23. The van der Waals surface area contributed by atoms with Gasteiger partial charge in [0.25, 0.3) is 0 Å². The van der Waals surface area contributed by atoms with Gasteiger partial charge in [-0.2, -0.15) is 5.10 Å². The number of carboxylic acids is 1. The number of carbonyl (C=O) groups is 3. The Morgan fingerprint density at radius 2 is 2.09 bits per heavy atom. The van der Waals surface area contributed by atoms with Gasteiger partial charge in [-0.1, -0.05) is 24.3 Å². The van der Waals surface area contributed by atoms with Gasteiger partial charge in [0.2, 0.25) is 0 Å². The molecule has 0 bridgehead atoms. The second kappa shape index (κ2) is 8.04. The third-order valence-corrected chi connectivity index (χ3v) is 3.27. The first-order valence-corrected chi connectivity index (χ1v) is 7.11. The summed E-state index contributed by atoms with van der Waals surface area (Å²) < 4.78 is 5.32. The molecule has 1 saturated heterocycles. The highest BCUT2D eigenvalue weighted by atomic mass is 16.5. The summed E-state index contributed by atoms with van der Waals surface area (Å²) in [5, 5.41) is 16.9. The number of hydrazone groups is 1. The van der Waals surface area contributed by atoms with Crippen molar-refractivity contribution in [1.82, 2.24) is 10.7 Å². The average molecular weight is 318 g/mol. The smallest absolute Gasteiger partial charge is 0.329 e. The monoisotopic (exact) mass is 318 g/mol. The lowest BCUT2D eigenvalue weighted by Gasteiger charge is -2.09. The van der Waals surface area contributed by atoms with Crippen LogP contribution in [-0.2, 0) is 14.3 Å². The fourth-order valence-corrected chi connectivity index (χ4v) is 2.10. The maximum absolute atomic E-state index is 11.6. The van der Waals surface area contributed by atoms with Crippen molar-refractivity contribution in [2.24, 2.45) is 5.10 Å². The van der Waals surface area contributed by atoms with Gasteiger partial charge >= 0.3 is 11.8 Å². The van der Waals surface area contributed by atoms with Crippen LogP contribution in [0.3, 0.4) is 0 Å². The van der Waals surface area contributed by atoms with E-state index in [4.69, 9.17) is 4.74 Å². The Kier molecular flexibility index (Phi) is 5.81. The lowest BCUT2D eigenvalue weighted by atomic mass is 10.1. The molecule has 0 saturated carbocycles. The van der Waals surface area contributed by atoms with E-state index in [0.29, 0.717) is 6.61 Å². The summed E-state index contributed by atoms with van der Waals surface area (Å²) >= 11 is 0. The van der Waals surface area contributed by atoms with Crippen molar-refractivity contribution >= 4 is 24.0 Å². The van der Waals surface area contributed by atoms with Crippen molar-refractivity contribution in [1.29, 1.82) is 0 Å². The molecule has 1 heterocycles. The predicted molar refractivity (Wildman–Crippen MR) is 78.5 cm³/mol. The largest absolute Gasteiger partial charge is 0.545 e. The molecule has 0 spiro atoms. The fourth-order valence-electron chi connectivity index (χ4n) is 2.10. The molecule has 1 aromatic carbocycles. The Morgan fingerprint density at radius 3 is 2.78 bits per heavy atom. The number of aromatic carboxylic acids is 1. The van der Waals surface area contributed by atoms with Crippen molar-refractivity contribution < 1.29 is 24.2 Å². The Hall–Kier alpha value is -2.74. The zero-order valence-electron chi connectivity index (χ0n) is 12.3. The van der Waals surface area contributed by atoms with Gasteiger partial charge in [0.1, 0.15) is 0 Å². The standard InChI is InChI=1S/C15H17N3O5/c19-13(16-9-11-5-3-7-23-11)14(20)18-17-8-10-4-1-2-6-12(10)15(21)22/h1-2,4,6,8,11H,3,5,7,9H2,(H,16,19)(H,18,20)(H,21,22)/p-1/b17-8-/t11-/m0/s1. The molecular formula is C15H16N3O5-. The number of amides is 2. The number of carbonyl (C=O) groups excluding carboxylic acids is 3. The van der Waals surface area contributed by atoms with Crippen molar-refractivity contribution in [3.63, 3.8) is 0 Å². The second-order valence-corrected chi connectivity index (χ2v) is 4.92. The van der Waals surface area contributed by atoms with E-state index in [1.807, 2.05) is 5.43 Å². The maximum atomic E-state index is 11.6. The SMILES string of the molecule is O=C(NC[C@@H]1CCCO1)C(=O)N/N=C\c1ccccc1C(=O)[O-]. The first-order valence-electron chi connectivity index (χ1n) is 7.11. The maximum Gasteiger partial charge on any atom is 0.329 e. The topological polar surface area (TPSA) is 120 Å². The molecule has 2 N–H and O–H groups in total. The summed E-state index contributed by atoms with van der Waals surface area (Å²) in [7, 11) is 0. The molecule has 0 radical (unpaired) electrons. The molecule has 122 valence electrons. The number of nitrogens with zero attached hydrogens (tertiary/aromatic N) is 1. The van der Waals surface area contributed by atoms with Crippen LogP contribution in [0.1, 0.15) is 28.8 Å². The zero-order chi connectivity index (χ0) is 16.7. The molecule has 8 heteroatoms. The van der Waals surface area contributed by atoms with Gasteiger partial charge < -0.3 is 20.0 Å². The van der Waals surface area contributed by atoms with E-state index >= 15 is 0 Å². The van der Waals surface area contributed by atoms with Crippen LogP contribution in [0.2, 0.25) is 0 Å². The van der Waals surface area contributed by atoms with Crippen LogP contribution < -0.4 is 15.8 Å². The number of ether oxygens (including phenoxy) is 1. The first-order chi connectivity index (χ1) is 11.1. The van der Waals surface area contributed by atoms with Crippen LogP contribution in [0.15, 0.2) is 29.4 Å². The normalized spacial score (nSPS) is 17.1. The summed E-state index contributed by atoms with van der Waals surface area (Å²) in [4.78, 5) is 34.0. The van der Waals surface area contributed by atoms with E-state index in [9.17, 15) is 19.5 Å². The summed E-state index contributed by atoms with van der Waals surface area (Å²) in [6, 6.07) is 6.01. The molecule has 0 unspecified atom stereocenters. The Balaban J connectivity index is 1.83. The van der Waals surface area contributed by atoms with Gasteiger partial charge in [0.15, 0.2) is 0 Å². The van der Waals surface area contributed by atoms with Crippen LogP contribution >= 0.6 is 0 Å². The molecule has 1 atom stereocenters. The van der Waals surface area contributed by atoms with Gasteiger partial charge in [-0.25, -0.2) is 5.43 Å². The summed E-state index contributed by atoms with van der Waals surface area (Å²) in [6.07, 6.45) is 2.86. The quantitative estimate of drug-likeness (QED) is 0.401. The number of hydrogen-bond donors (Lipinski definition) is 2. The summed E-state index contributed by atoms with van der Waals surface area (Å²) in [6.45, 7) is 0.929. The van der Waals surface area contributed by atoms with Gasteiger partial charge in [0.05, 0.1) is 18.3 Å². The molecule has 0 aromatic heterocycles. The molecule has 0 aliphatic carbocycles. The molecule has 2 rings (SSSR count). The molecule has 1 fully saturated rings. The number of rotatable bonds is 5. The van der Waals surface area contributed by atoms with E-state index < -0.39 is 17.8 Å². The third kappa shape index (κ3) is 4.89. The van der Waals surface area contributed by atoms with Crippen molar-refractivity contribution in [2.75, 3.05) is 13.2 Å². The fraction of sp³-hybridized carbons (Fsp3) is 0.333. The van der Waals surface area contributed by atoms with Crippen LogP contribution in [0.25, 0.3) is 0 Å². The van der Waals surface area contributed by atoms with E-state index in [1.54, 1.807) is 12.1 Å². The van der Waals surface area contributed by atoms with E-state index in [-0.39, 0.29) is 23.8 Å².